The van der Waals surface area contributed by atoms with Crippen LogP contribution in [0.5, 0.6) is 0 Å². The van der Waals surface area contributed by atoms with Crippen molar-refractivity contribution in [1.29, 1.82) is 0 Å². The van der Waals surface area contributed by atoms with Gasteiger partial charge < -0.3 is 10.2 Å². The summed E-state index contributed by atoms with van der Waals surface area (Å²) < 4.78 is 0. The van der Waals surface area contributed by atoms with E-state index in [1.807, 2.05) is 69.3 Å². The lowest BCUT2D eigenvalue weighted by Crippen LogP contribution is -2.54. The molecule has 1 atom stereocenters. The number of amides is 2. The monoisotopic (exact) mass is 556 g/mol. The zero-order valence-electron chi connectivity index (χ0n) is 21.8. The normalized spacial score (nSPS) is 12.2. The molecule has 0 radical (unpaired) electrons. The Morgan fingerprint density at radius 2 is 1.62 bits per heavy atom. The quantitative estimate of drug-likeness (QED) is 0.290. The molecule has 0 saturated heterocycles. The van der Waals surface area contributed by atoms with Gasteiger partial charge in [-0.05, 0) is 62.1 Å². The summed E-state index contributed by atoms with van der Waals surface area (Å²) in [6.07, 6.45) is 0.391. The van der Waals surface area contributed by atoms with Crippen LogP contribution in [0.4, 0.5) is 0 Å². The molecule has 0 spiro atoms. The molecule has 0 aromatic heterocycles. The topological polar surface area (TPSA) is 49.4 Å². The second-order valence-electron chi connectivity index (χ2n) is 10.1. The van der Waals surface area contributed by atoms with Gasteiger partial charge >= 0.3 is 0 Å². The molecule has 3 aromatic carbocycles. The number of halogens is 2. The number of rotatable bonds is 10. The van der Waals surface area contributed by atoms with E-state index in [1.165, 1.54) is 11.1 Å². The Bertz CT molecular complexity index is 1210. The van der Waals surface area contributed by atoms with Gasteiger partial charge in [-0.25, -0.2) is 0 Å². The Kier molecular flexibility index (Phi) is 10.5. The van der Waals surface area contributed by atoms with Crippen LogP contribution in [0.3, 0.4) is 0 Å². The first kappa shape index (κ1) is 29.1. The van der Waals surface area contributed by atoms with E-state index in [4.69, 9.17) is 23.2 Å². The number of carbonyl (C=O) groups is 2. The van der Waals surface area contributed by atoms with Crippen molar-refractivity contribution in [3.05, 3.63) is 105 Å². The van der Waals surface area contributed by atoms with Crippen molar-refractivity contribution < 1.29 is 9.59 Å². The molecule has 0 saturated carbocycles. The van der Waals surface area contributed by atoms with E-state index in [0.29, 0.717) is 22.2 Å². The van der Waals surface area contributed by atoms with Crippen LogP contribution in [0.1, 0.15) is 43.0 Å². The summed E-state index contributed by atoms with van der Waals surface area (Å²) in [4.78, 5) is 29.0. The Morgan fingerprint density at radius 3 is 2.27 bits per heavy atom. The van der Waals surface area contributed by atoms with Gasteiger partial charge in [-0.2, -0.15) is 0 Å². The van der Waals surface area contributed by atoms with Gasteiger partial charge in [0.05, 0.1) is 5.75 Å². The van der Waals surface area contributed by atoms with Crippen molar-refractivity contribution >= 4 is 46.8 Å². The molecule has 7 heteroatoms. The molecule has 3 aromatic rings. The van der Waals surface area contributed by atoms with Crippen molar-refractivity contribution in [2.24, 2.45) is 0 Å². The molecule has 0 fully saturated rings. The Labute approximate surface area is 234 Å². The fourth-order valence-corrected chi connectivity index (χ4v) is 5.40. The lowest BCUT2D eigenvalue weighted by atomic mass is 10.0. The van der Waals surface area contributed by atoms with Crippen LogP contribution < -0.4 is 5.32 Å². The third kappa shape index (κ3) is 9.10. The molecular weight excluding hydrogens is 523 g/mol. The molecular formula is C30H34Cl2N2O2S. The average molecular weight is 558 g/mol. The molecule has 37 heavy (non-hydrogen) atoms. The van der Waals surface area contributed by atoms with Crippen molar-refractivity contribution in [2.75, 3.05) is 5.75 Å². The number of hydrogen-bond donors (Lipinski definition) is 1. The number of hydrogen-bond acceptors (Lipinski definition) is 3. The molecule has 3 rings (SSSR count). The van der Waals surface area contributed by atoms with Crippen molar-refractivity contribution in [2.45, 2.75) is 58.0 Å². The van der Waals surface area contributed by atoms with E-state index < -0.39 is 11.6 Å². The third-order valence-electron chi connectivity index (χ3n) is 5.87. The molecule has 1 N–H and O–H groups in total. The van der Waals surface area contributed by atoms with Gasteiger partial charge in [0.15, 0.2) is 0 Å². The highest BCUT2D eigenvalue weighted by atomic mass is 35.5. The summed E-state index contributed by atoms with van der Waals surface area (Å²) >= 11 is 14.2. The number of nitrogens with zero attached hydrogens (tertiary/aromatic N) is 1. The number of aryl methyl sites for hydroxylation is 1. The number of thioether (sulfide) groups is 1. The minimum atomic E-state index is -0.708. The molecule has 196 valence electrons. The Balaban J connectivity index is 1.91. The molecule has 0 heterocycles. The minimum Gasteiger partial charge on any atom is -0.350 e. The summed E-state index contributed by atoms with van der Waals surface area (Å²) in [7, 11) is 0. The predicted molar refractivity (Wildman–Crippen MR) is 156 cm³/mol. The molecule has 2 amide bonds. The van der Waals surface area contributed by atoms with Crippen molar-refractivity contribution in [3.63, 3.8) is 0 Å². The standard InChI is InChI=1S/C30H34Cl2N2O2S/c1-21-10-8-9-13-24(21)19-37-20-28(35)34(18-23-14-15-25(31)17-26(23)32)27(29(36)33-30(2,3)4)16-22-11-6-5-7-12-22/h5-15,17,27H,16,18-20H2,1-4H3,(H,33,36)/t27-/m0/s1. The van der Waals surface area contributed by atoms with E-state index >= 15 is 0 Å². The first-order chi connectivity index (χ1) is 17.5. The van der Waals surface area contributed by atoms with E-state index in [9.17, 15) is 9.59 Å². The summed E-state index contributed by atoms with van der Waals surface area (Å²) in [6, 6.07) is 22.4. The van der Waals surface area contributed by atoms with Crippen LogP contribution in [-0.2, 0) is 28.3 Å². The molecule has 0 unspecified atom stereocenters. The fraction of sp³-hybridized carbons (Fsp3) is 0.333. The zero-order chi connectivity index (χ0) is 27.0. The molecule has 0 bridgehead atoms. The van der Waals surface area contributed by atoms with Crippen molar-refractivity contribution in [1.82, 2.24) is 10.2 Å². The second kappa shape index (κ2) is 13.4. The van der Waals surface area contributed by atoms with Crippen LogP contribution >= 0.6 is 35.0 Å². The highest BCUT2D eigenvalue weighted by Crippen LogP contribution is 2.25. The van der Waals surface area contributed by atoms with Gasteiger partial charge in [0.25, 0.3) is 0 Å². The maximum atomic E-state index is 13.8. The third-order valence-corrected chi connectivity index (χ3v) is 7.42. The van der Waals surface area contributed by atoms with E-state index in [0.717, 1.165) is 11.1 Å². The van der Waals surface area contributed by atoms with Crippen LogP contribution in [0, 0.1) is 6.92 Å². The van der Waals surface area contributed by atoms with E-state index in [1.54, 1.807) is 28.8 Å². The van der Waals surface area contributed by atoms with Crippen molar-refractivity contribution in [3.8, 4) is 0 Å². The largest absolute Gasteiger partial charge is 0.350 e. The van der Waals surface area contributed by atoms with Gasteiger partial charge in [0.2, 0.25) is 11.8 Å². The molecule has 4 nitrogen and oxygen atoms in total. The lowest BCUT2D eigenvalue weighted by Gasteiger charge is -2.34. The van der Waals surface area contributed by atoms with Gasteiger partial charge in [-0.1, -0.05) is 83.9 Å². The van der Waals surface area contributed by atoms with Gasteiger partial charge in [-0.3, -0.25) is 9.59 Å². The van der Waals surface area contributed by atoms with Gasteiger partial charge in [0.1, 0.15) is 6.04 Å². The Hall–Kier alpha value is -2.47. The van der Waals surface area contributed by atoms with Crippen LogP contribution in [0.2, 0.25) is 10.0 Å². The maximum Gasteiger partial charge on any atom is 0.243 e. The maximum absolute atomic E-state index is 13.8. The SMILES string of the molecule is Cc1ccccc1CSCC(=O)N(Cc1ccc(Cl)cc1Cl)[C@@H](Cc1ccccc1)C(=O)NC(C)(C)C. The number of nitrogens with one attached hydrogen (secondary N) is 1. The summed E-state index contributed by atoms with van der Waals surface area (Å²) in [5, 5.41) is 4.07. The second-order valence-corrected chi connectivity index (χ2v) is 12.0. The zero-order valence-corrected chi connectivity index (χ0v) is 24.1. The first-order valence-corrected chi connectivity index (χ1v) is 14.2. The summed E-state index contributed by atoms with van der Waals surface area (Å²) in [5.41, 5.74) is 3.66. The summed E-state index contributed by atoms with van der Waals surface area (Å²) in [5.74, 6) is 0.646. The van der Waals surface area contributed by atoms with Crippen LogP contribution in [0.15, 0.2) is 72.8 Å². The van der Waals surface area contributed by atoms with Gasteiger partial charge in [0, 0.05) is 34.3 Å². The Morgan fingerprint density at radius 1 is 0.946 bits per heavy atom. The number of benzene rings is 3. The lowest BCUT2D eigenvalue weighted by molar-refractivity contribution is -0.140. The predicted octanol–water partition coefficient (Wildman–Crippen LogP) is 7.09. The first-order valence-electron chi connectivity index (χ1n) is 12.2. The molecule has 0 aliphatic rings. The van der Waals surface area contributed by atoms with Crippen LogP contribution in [0.25, 0.3) is 0 Å². The van der Waals surface area contributed by atoms with Crippen LogP contribution in [-0.4, -0.2) is 34.0 Å². The highest BCUT2D eigenvalue weighted by Gasteiger charge is 2.32. The highest BCUT2D eigenvalue weighted by molar-refractivity contribution is 7.99. The molecule has 0 aliphatic carbocycles. The average Bonchev–Trinajstić information content (AvgIpc) is 2.83. The number of carbonyl (C=O) groups excluding carboxylic acids is 2. The minimum absolute atomic E-state index is 0.116. The fourth-order valence-electron chi connectivity index (χ4n) is 3.94. The van der Waals surface area contributed by atoms with E-state index in [2.05, 4.69) is 24.4 Å². The molecule has 0 aliphatic heterocycles. The smallest absolute Gasteiger partial charge is 0.243 e. The summed E-state index contributed by atoms with van der Waals surface area (Å²) in [6.45, 7) is 8.08. The van der Waals surface area contributed by atoms with Gasteiger partial charge in [-0.15, -0.1) is 11.8 Å². The van der Waals surface area contributed by atoms with E-state index in [-0.39, 0.29) is 24.1 Å².